The van der Waals surface area contributed by atoms with Gasteiger partial charge in [-0.25, -0.2) is 0 Å². The molecular weight excluding hydrogens is 553 g/mol. The number of hydrogen-bond donors (Lipinski definition) is 0. The molecule has 0 saturated carbocycles. The summed E-state index contributed by atoms with van der Waals surface area (Å²) >= 11 is 6.29. The van der Waals surface area contributed by atoms with Crippen LogP contribution in [0.4, 0.5) is 18.9 Å². The standard InChI is InChI=1S/C28H26ClF3N2O6/c1-4-39-24(35)14-23-27(36)34(15-16-7-9-18(37-2)13-22(16)38-3)21-10-8-17(29)12-20(21)25(40-23)19-6-5-11-33-26(19)28(30,31)32/h5-13,23,25H,4,14-15H2,1-3H3. The minimum absolute atomic E-state index is 0.0482. The minimum atomic E-state index is -4.82. The molecule has 212 valence electrons. The third-order valence-corrected chi connectivity index (χ3v) is 6.51. The number of carbonyl (C=O) groups excluding carboxylic acids is 2. The molecule has 0 saturated heterocycles. The number of fused-ring (bicyclic) bond motifs is 1. The maximum Gasteiger partial charge on any atom is 0.433 e. The van der Waals surface area contributed by atoms with E-state index >= 15 is 0 Å². The maximum absolute atomic E-state index is 14.0. The van der Waals surface area contributed by atoms with Gasteiger partial charge < -0.3 is 23.8 Å². The van der Waals surface area contributed by atoms with Crippen molar-refractivity contribution in [2.45, 2.75) is 38.3 Å². The summed E-state index contributed by atoms with van der Waals surface area (Å²) in [4.78, 5) is 31.3. The van der Waals surface area contributed by atoms with Crippen LogP contribution in [-0.4, -0.2) is 43.8 Å². The van der Waals surface area contributed by atoms with Crippen molar-refractivity contribution in [3.63, 3.8) is 0 Å². The predicted octanol–water partition coefficient (Wildman–Crippen LogP) is 5.75. The summed E-state index contributed by atoms with van der Waals surface area (Å²) in [6.07, 6.45) is -7.25. The molecule has 40 heavy (non-hydrogen) atoms. The van der Waals surface area contributed by atoms with E-state index in [9.17, 15) is 22.8 Å². The Morgan fingerprint density at radius 1 is 1.10 bits per heavy atom. The van der Waals surface area contributed by atoms with E-state index in [1.54, 1.807) is 25.1 Å². The Bertz CT molecular complexity index is 1400. The van der Waals surface area contributed by atoms with Gasteiger partial charge in [-0.2, -0.15) is 13.2 Å². The monoisotopic (exact) mass is 578 g/mol. The predicted molar refractivity (Wildman–Crippen MR) is 139 cm³/mol. The van der Waals surface area contributed by atoms with Crippen LogP contribution in [0.15, 0.2) is 54.7 Å². The lowest BCUT2D eigenvalue weighted by Crippen LogP contribution is -2.40. The first kappa shape index (κ1) is 29.2. The number of halogens is 4. The zero-order chi connectivity index (χ0) is 29.0. The number of rotatable bonds is 8. The van der Waals surface area contributed by atoms with Crippen LogP contribution in [0, 0.1) is 0 Å². The fourth-order valence-corrected chi connectivity index (χ4v) is 4.68. The molecule has 1 aliphatic heterocycles. The molecule has 0 aliphatic carbocycles. The molecule has 3 aromatic rings. The van der Waals surface area contributed by atoms with Gasteiger partial charge in [0.15, 0.2) is 5.69 Å². The summed E-state index contributed by atoms with van der Waals surface area (Å²) in [5, 5.41) is 0.211. The summed E-state index contributed by atoms with van der Waals surface area (Å²) in [7, 11) is 2.96. The second kappa shape index (κ2) is 12.1. The van der Waals surface area contributed by atoms with Crippen molar-refractivity contribution in [1.82, 2.24) is 4.98 Å². The zero-order valence-electron chi connectivity index (χ0n) is 21.8. The number of alkyl halides is 3. The highest BCUT2D eigenvalue weighted by atomic mass is 35.5. The van der Waals surface area contributed by atoms with Gasteiger partial charge in [0, 0.05) is 34.0 Å². The van der Waals surface area contributed by atoms with Crippen molar-refractivity contribution in [3.8, 4) is 11.5 Å². The van der Waals surface area contributed by atoms with Crippen LogP contribution in [0.3, 0.4) is 0 Å². The third kappa shape index (κ3) is 6.15. The van der Waals surface area contributed by atoms with E-state index in [-0.39, 0.29) is 35.0 Å². The molecule has 2 aromatic carbocycles. The Kier molecular flexibility index (Phi) is 8.85. The Morgan fingerprint density at radius 3 is 2.55 bits per heavy atom. The molecule has 0 N–H and O–H groups in total. The molecule has 2 unspecified atom stereocenters. The van der Waals surface area contributed by atoms with Gasteiger partial charge in [0.05, 0.1) is 39.5 Å². The van der Waals surface area contributed by atoms with E-state index in [0.717, 1.165) is 6.20 Å². The van der Waals surface area contributed by atoms with Crippen LogP contribution in [0.5, 0.6) is 11.5 Å². The molecule has 0 spiro atoms. The summed E-state index contributed by atoms with van der Waals surface area (Å²) in [6.45, 7) is 1.59. The Hall–Kier alpha value is -3.83. The third-order valence-electron chi connectivity index (χ3n) is 6.27. The van der Waals surface area contributed by atoms with E-state index in [1.165, 1.54) is 49.5 Å². The highest BCUT2D eigenvalue weighted by molar-refractivity contribution is 6.30. The lowest BCUT2D eigenvalue weighted by atomic mass is 9.97. The van der Waals surface area contributed by atoms with Gasteiger partial charge in [-0.1, -0.05) is 17.7 Å². The number of amides is 1. The van der Waals surface area contributed by atoms with Crippen molar-refractivity contribution in [1.29, 1.82) is 0 Å². The number of hydrogen-bond acceptors (Lipinski definition) is 7. The number of aromatic nitrogens is 1. The van der Waals surface area contributed by atoms with Crippen LogP contribution in [0.25, 0.3) is 0 Å². The van der Waals surface area contributed by atoms with Gasteiger partial charge in [-0.05, 0) is 43.3 Å². The van der Waals surface area contributed by atoms with Crippen LogP contribution < -0.4 is 14.4 Å². The molecule has 0 fully saturated rings. The molecule has 0 radical (unpaired) electrons. The van der Waals surface area contributed by atoms with E-state index < -0.39 is 42.4 Å². The average Bonchev–Trinajstić information content (AvgIpc) is 3.03. The van der Waals surface area contributed by atoms with E-state index in [1.807, 2.05) is 0 Å². The number of methoxy groups -OCH3 is 2. The van der Waals surface area contributed by atoms with Crippen LogP contribution in [0.1, 0.15) is 41.8 Å². The van der Waals surface area contributed by atoms with Crippen molar-refractivity contribution in [2.75, 3.05) is 25.7 Å². The van der Waals surface area contributed by atoms with Gasteiger partial charge in [0.2, 0.25) is 0 Å². The minimum Gasteiger partial charge on any atom is -0.497 e. The number of ether oxygens (including phenoxy) is 4. The van der Waals surface area contributed by atoms with Crippen molar-refractivity contribution >= 4 is 29.2 Å². The molecule has 1 aromatic heterocycles. The summed E-state index contributed by atoms with van der Waals surface area (Å²) in [5.41, 5.74) is -0.496. The van der Waals surface area contributed by atoms with E-state index in [4.69, 9.17) is 30.5 Å². The van der Waals surface area contributed by atoms with Gasteiger partial charge >= 0.3 is 12.1 Å². The first-order valence-electron chi connectivity index (χ1n) is 12.2. The quantitative estimate of drug-likeness (QED) is 0.315. The maximum atomic E-state index is 14.0. The molecule has 1 amide bonds. The summed E-state index contributed by atoms with van der Waals surface area (Å²) in [6, 6.07) is 12.1. The van der Waals surface area contributed by atoms with E-state index in [2.05, 4.69) is 4.98 Å². The first-order chi connectivity index (χ1) is 19.1. The summed E-state index contributed by atoms with van der Waals surface area (Å²) in [5.74, 6) is -0.463. The number of carbonyl (C=O) groups is 2. The molecule has 2 atom stereocenters. The average molecular weight is 579 g/mol. The molecule has 2 heterocycles. The molecule has 4 rings (SSSR count). The number of anilines is 1. The van der Waals surface area contributed by atoms with E-state index in [0.29, 0.717) is 17.1 Å². The zero-order valence-corrected chi connectivity index (χ0v) is 22.6. The first-order valence-corrected chi connectivity index (χ1v) is 12.6. The van der Waals surface area contributed by atoms with Gasteiger partial charge in [0.1, 0.15) is 23.7 Å². The van der Waals surface area contributed by atoms with Crippen molar-refractivity contribution in [2.24, 2.45) is 0 Å². The fourth-order valence-electron chi connectivity index (χ4n) is 4.50. The Labute approximate surface area is 233 Å². The fraction of sp³-hybridized carbons (Fsp3) is 0.321. The van der Waals surface area contributed by atoms with Gasteiger partial charge in [-0.15, -0.1) is 0 Å². The van der Waals surface area contributed by atoms with Gasteiger partial charge in [-0.3, -0.25) is 14.6 Å². The lowest BCUT2D eigenvalue weighted by Gasteiger charge is -2.26. The molecule has 1 aliphatic rings. The Morgan fingerprint density at radius 2 is 1.88 bits per heavy atom. The van der Waals surface area contributed by atoms with Gasteiger partial charge in [0.25, 0.3) is 5.91 Å². The molecule has 8 nitrogen and oxygen atoms in total. The van der Waals surface area contributed by atoms with Crippen LogP contribution >= 0.6 is 11.6 Å². The SMILES string of the molecule is CCOC(=O)CC1OC(c2cccnc2C(F)(F)F)c2cc(Cl)ccc2N(Cc2ccc(OC)cc2OC)C1=O. The molecular formula is C28H26ClF3N2O6. The number of nitrogens with zero attached hydrogens (tertiary/aromatic N) is 2. The lowest BCUT2D eigenvalue weighted by molar-refractivity contribution is -0.152. The topological polar surface area (TPSA) is 87.2 Å². The highest BCUT2D eigenvalue weighted by Gasteiger charge is 2.43. The van der Waals surface area contributed by atoms with Crippen molar-refractivity contribution < 1.29 is 41.7 Å². The number of pyridine rings is 1. The van der Waals surface area contributed by atoms with Crippen LogP contribution in [0.2, 0.25) is 5.02 Å². The second-order valence-corrected chi connectivity index (χ2v) is 9.19. The Balaban J connectivity index is 1.91. The smallest absolute Gasteiger partial charge is 0.433 e. The highest BCUT2D eigenvalue weighted by Crippen LogP contribution is 2.44. The molecule has 0 bridgehead atoms. The number of esters is 1. The normalized spacial score (nSPS) is 17.2. The van der Waals surface area contributed by atoms with Crippen LogP contribution in [-0.2, 0) is 31.8 Å². The van der Waals surface area contributed by atoms with Crippen molar-refractivity contribution in [3.05, 3.63) is 82.1 Å². The number of benzene rings is 2. The summed E-state index contributed by atoms with van der Waals surface area (Å²) < 4.78 is 63.9. The largest absolute Gasteiger partial charge is 0.497 e. The second-order valence-electron chi connectivity index (χ2n) is 8.76. The molecule has 12 heteroatoms.